The first-order valence-electron chi connectivity index (χ1n) is 43.8. The molecule has 12 unspecified atom stereocenters. The predicted octanol–water partition coefficient (Wildman–Crippen LogP) is 16.1. The van der Waals surface area contributed by atoms with Gasteiger partial charge in [-0.05, 0) is 136 Å². The molecule has 8 aromatic carbocycles. The highest BCUT2D eigenvalue weighted by Crippen LogP contribution is 2.66. The van der Waals surface area contributed by atoms with Crippen molar-refractivity contribution in [2.75, 3.05) is 34.4 Å². The molecule has 6 aromatic heterocycles. The molecule has 8 aliphatic heterocycles. The van der Waals surface area contributed by atoms with Gasteiger partial charge in [0.25, 0.3) is 0 Å². The van der Waals surface area contributed by atoms with E-state index in [1.165, 1.54) is 0 Å². The highest BCUT2D eigenvalue weighted by atomic mass is 16.5. The summed E-state index contributed by atoms with van der Waals surface area (Å²) in [5.74, 6) is 13.1. The number of nitrogens with one attached hydrogen (secondary N) is 5. The second-order valence-electron chi connectivity index (χ2n) is 33.6. The van der Waals surface area contributed by atoms with Gasteiger partial charge < -0.3 is 94.8 Å². The molecule has 0 radical (unpaired) electrons. The van der Waals surface area contributed by atoms with E-state index in [9.17, 15) is 29.5 Å². The van der Waals surface area contributed by atoms with Crippen molar-refractivity contribution in [2.45, 2.75) is 111 Å². The summed E-state index contributed by atoms with van der Waals surface area (Å²) < 4.78 is 59.8. The molecule has 0 bridgehead atoms. The number of benzene rings is 8. The maximum absolute atomic E-state index is 12.9. The molecule has 33 heteroatoms. The Hall–Kier alpha value is -16.7. The molecule has 664 valence electrons. The molecular weight excluding hydrogens is 1700 g/mol. The van der Waals surface area contributed by atoms with Crippen LogP contribution in [0.2, 0.25) is 0 Å². The molecule has 12 aliphatic rings. The number of fused-ring (bicyclic) bond motifs is 16. The number of ether oxygens (including phenoxy) is 8. The lowest BCUT2D eigenvalue weighted by Crippen LogP contribution is -2.34. The fraction of sp³-hybridized carbons (Fsp3) is 0.220. The van der Waals surface area contributed by atoms with E-state index in [0.717, 1.165) is 146 Å². The number of nitrogens with two attached hydrogens (primary N) is 1. The molecule has 14 aromatic rings. The first kappa shape index (κ1) is 82.0. The molecule has 10 N–H and O–H groups in total. The third kappa shape index (κ3) is 16.3. The fourth-order valence-electron chi connectivity index (χ4n) is 18.7. The third-order valence-electron chi connectivity index (χ3n) is 25.4. The zero-order valence-corrected chi connectivity index (χ0v) is 70.7. The Morgan fingerprint density at radius 1 is 0.406 bits per heavy atom. The Labute approximate surface area is 757 Å². The lowest BCUT2D eigenvalue weighted by Gasteiger charge is -2.20. The molecule has 0 saturated heterocycles. The number of carboxylic acid groups (broad SMARTS) is 1. The number of anilines is 4. The van der Waals surface area contributed by atoms with Gasteiger partial charge in [-0.2, -0.15) is 9.97 Å². The number of pyridine rings is 4. The zero-order chi connectivity index (χ0) is 89.9. The fourth-order valence-corrected chi connectivity index (χ4v) is 18.7. The summed E-state index contributed by atoms with van der Waals surface area (Å²) in [5.41, 5.74) is 16.6. The van der Waals surface area contributed by atoms with Gasteiger partial charge in [0.1, 0.15) is 123 Å². The van der Waals surface area contributed by atoms with Crippen LogP contribution in [0.3, 0.4) is 0 Å². The highest BCUT2D eigenvalue weighted by Gasteiger charge is 2.66. The summed E-state index contributed by atoms with van der Waals surface area (Å²) in [6.45, 7) is 1.85. The van der Waals surface area contributed by atoms with Crippen molar-refractivity contribution in [3.8, 4) is 91.8 Å². The molecule has 133 heavy (non-hydrogen) atoms. The van der Waals surface area contributed by atoms with E-state index in [2.05, 4.69) is 77.1 Å². The van der Waals surface area contributed by atoms with Gasteiger partial charge in [0.15, 0.2) is 11.7 Å². The zero-order valence-electron chi connectivity index (χ0n) is 70.7. The van der Waals surface area contributed by atoms with Gasteiger partial charge in [0, 0.05) is 141 Å². The van der Waals surface area contributed by atoms with Crippen molar-refractivity contribution in [3.63, 3.8) is 0 Å². The van der Waals surface area contributed by atoms with E-state index in [1.54, 1.807) is 49.1 Å². The summed E-state index contributed by atoms with van der Waals surface area (Å²) >= 11 is 0. The second-order valence-corrected chi connectivity index (χ2v) is 33.6. The standard InChI is InChI=1S/2C25H18N4O4.C25H22N4O4.C18H16N2O4.C7H8N2O/c2*30-19-9-7-15-18(10-11-26-24(15)27-19)31-14-6-8-17-16(12-14)20-21(22(20)32-17)25-28-23(29-33-25)13-4-2-1-3-5-13;30-25(28-23(29-31)14-5-2-1-3-6-14)21-20-17-13-15(8-9-18(17)33-22(20)21)32-19-10-12-27-24-16(19)7-4-11-26-24;21-18(22)15-14-11-8-9(3-4-12(11)24-16(14)15)23-13-5-7-20-17-10(13)2-1-6-19-17;8-7(9-10)6-4-2-1-3-5-6/h2*1-6,8,10-12,20-22H,7,9H2,(H,26,27,30);1-3,5-6,8-10,12-13,20-22,31H,4,7,11H2,(H,26,27)(H,28,29,30);3-5,7-8,14-16H,1-2,6H2,(H,19,20)(H,21,22);1-5,10H,(H2,8,9). The SMILES string of the molecule is NC(=NO)c1ccccc1.O=C(NC(=NO)c1ccccc1)C1C2Oc3ccc(Oc4ccnc5c4CCCN5)cc3C21.O=C(O)C1C2Oc3ccc(Oc4ccnc5c4CCCN5)cc3C21.O=C1CCc2c(Oc3ccc4c(c3)C3C(O4)C3c3nc(-c4ccccc4)no3)ccnc2N1.O=C1CCc2c(Oc3ccc4c(c3)C3C(O4)C3c3nc(-c4ccccc4)no3)ccnc2N1. The highest BCUT2D eigenvalue weighted by molar-refractivity contribution is 6.09. The van der Waals surface area contributed by atoms with Crippen LogP contribution < -0.4 is 70.2 Å². The number of hydrogen-bond donors (Lipinski definition) is 9. The van der Waals surface area contributed by atoms with E-state index in [1.807, 2.05) is 194 Å². The van der Waals surface area contributed by atoms with Crippen LogP contribution in [0.15, 0.2) is 263 Å². The minimum atomic E-state index is -0.795. The number of amides is 3. The molecule has 0 spiro atoms. The summed E-state index contributed by atoms with van der Waals surface area (Å²) in [5, 5.41) is 56.2. The molecule has 4 fully saturated rings. The lowest BCUT2D eigenvalue weighted by molar-refractivity contribution is -0.139. The number of nitrogens with zero attached hydrogens (tertiary/aromatic N) is 10. The van der Waals surface area contributed by atoms with Crippen LogP contribution in [-0.2, 0) is 44.9 Å². The number of aromatic nitrogens is 8. The van der Waals surface area contributed by atoms with Crippen molar-refractivity contribution < 1.29 is 81.6 Å². The Balaban J connectivity index is 0.000000100. The topological polar surface area (TPSA) is 443 Å². The normalized spacial score (nSPS) is 21.9. The van der Waals surface area contributed by atoms with Gasteiger partial charge in [-0.3, -0.25) is 19.2 Å². The number of rotatable bonds is 16. The van der Waals surface area contributed by atoms with Crippen LogP contribution in [0.4, 0.5) is 23.3 Å². The van der Waals surface area contributed by atoms with E-state index in [-0.39, 0.29) is 95.2 Å². The molecule has 12 atom stereocenters. The Morgan fingerprint density at radius 2 is 0.774 bits per heavy atom. The average molecular weight is 1780 g/mol. The van der Waals surface area contributed by atoms with Crippen molar-refractivity contribution in [1.82, 2.24) is 45.5 Å². The van der Waals surface area contributed by atoms with Gasteiger partial charge in [-0.1, -0.05) is 142 Å². The number of hydrogen-bond acceptors (Lipinski definition) is 28. The first-order chi connectivity index (χ1) is 65.3. The van der Waals surface area contributed by atoms with Crippen molar-refractivity contribution in [3.05, 3.63) is 311 Å². The quantitative estimate of drug-likeness (QED) is 0.0188. The van der Waals surface area contributed by atoms with Gasteiger partial charge in [-0.25, -0.2) is 19.9 Å². The maximum atomic E-state index is 12.9. The minimum absolute atomic E-state index is 0.00298. The molecule has 26 rings (SSSR count). The van der Waals surface area contributed by atoms with Crippen LogP contribution in [-0.4, -0.2) is 129 Å². The first-order valence-corrected chi connectivity index (χ1v) is 43.8. The lowest BCUT2D eigenvalue weighted by atomic mass is 10.1. The van der Waals surface area contributed by atoms with Crippen LogP contribution in [0.1, 0.15) is 129 Å². The molecule has 4 saturated carbocycles. The van der Waals surface area contributed by atoms with Crippen molar-refractivity contribution in [1.29, 1.82) is 0 Å². The summed E-state index contributed by atoms with van der Waals surface area (Å²) in [7, 11) is 0. The Kier molecular flexibility index (Phi) is 21.4. The summed E-state index contributed by atoms with van der Waals surface area (Å²) in [4.78, 5) is 73.9. The van der Waals surface area contributed by atoms with E-state index >= 15 is 0 Å². The van der Waals surface area contributed by atoms with Gasteiger partial charge in [-0.15, -0.1) is 0 Å². The molecule has 3 amide bonds. The number of carboxylic acids is 1. The summed E-state index contributed by atoms with van der Waals surface area (Å²) in [6.07, 6.45) is 12.3. The minimum Gasteiger partial charge on any atom is -0.489 e. The summed E-state index contributed by atoms with van der Waals surface area (Å²) in [6, 6.07) is 68.1. The van der Waals surface area contributed by atoms with Crippen molar-refractivity contribution in [2.24, 2.45) is 27.9 Å². The third-order valence-corrected chi connectivity index (χ3v) is 25.4. The Morgan fingerprint density at radius 3 is 1.18 bits per heavy atom. The van der Waals surface area contributed by atoms with Gasteiger partial charge in [0.05, 0.1) is 17.8 Å². The van der Waals surface area contributed by atoms with E-state index in [4.69, 9.17) is 57.9 Å². The number of oxime groups is 2. The van der Waals surface area contributed by atoms with Gasteiger partial charge >= 0.3 is 5.97 Å². The van der Waals surface area contributed by atoms with E-state index in [0.29, 0.717) is 101 Å². The smallest absolute Gasteiger partial charge is 0.311 e. The largest absolute Gasteiger partial charge is 0.489 e. The molecular formula is C100H82N16O17. The number of aliphatic carboxylic acids is 1. The van der Waals surface area contributed by atoms with Crippen LogP contribution in [0, 0.1) is 11.8 Å². The average Bonchev–Trinajstić information content (AvgIpc) is 1.51. The number of carbonyl (C=O) groups is 4. The van der Waals surface area contributed by atoms with Gasteiger partial charge in [0.2, 0.25) is 41.2 Å². The Bertz CT molecular complexity index is 6730. The molecule has 4 aliphatic carbocycles. The number of carbonyl (C=O) groups excluding carboxylic acids is 3. The van der Waals surface area contributed by atoms with Crippen molar-refractivity contribution >= 4 is 58.6 Å². The van der Waals surface area contributed by atoms with Crippen LogP contribution in [0.25, 0.3) is 22.8 Å². The van der Waals surface area contributed by atoms with E-state index < -0.39 is 11.9 Å². The number of amidine groups is 2. The second kappa shape index (κ2) is 34.7. The predicted molar refractivity (Wildman–Crippen MR) is 481 cm³/mol. The van der Waals surface area contributed by atoms with Crippen LogP contribution in [0.5, 0.6) is 69.0 Å². The molecule has 33 nitrogen and oxygen atoms in total. The monoisotopic (exact) mass is 1780 g/mol. The van der Waals surface area contributed by atoms with Crippen LogP contribution >= 0.6 is 0 Å². The maximum Gasteiger partial charge on any atom is 0.311 e. The molecule has 14 heterocycles.